The van der Waals surface area contributed by atoms with E-state index in [1.54, 1.807) is 13.8 Å². The maximum absolute atomic E-state index is 11.0. The van der Waals surface area contributed by atoms with Crippen molar-refractivity contribution in [2.75, 3.05) is 0 Å². The number of rotatable bonds is 5. The van der Waals surface area contributed by atoms with Gasteiger partial charge in [-0.25, -0.2) is 0 Å². The lowest BCUT2D eigenvalue weighted by molar-refractivity contribution is -0.0562. The van der Waals surface area contributed by atoms with Crippen LogP contribution in [-0.2, 0) is 0 Å². The predicted molar refractivity (Wildman–Crippen MR) is 93.9 cm³/mol. The van der Waals surface area contributed by atoms with Crippen molar-refractivity contribution >= 4 is 0 Å². The topological polar surface area (TPSA) is 60.7 Å². The molecule has 3 N–H and O–H groups in total. The van der Waals surface area contributed by atoms with Crippen molar-refractivity contribution in [1.82, 2.24) is 0 Å². The Labute approximate surface area is 141 Å². The predicted octanol–water partition coefficient (Wildman–Crippen LogP) is 3.44. The molecule has 3 heteroatoms. The Morgan fingerprint density at radius 3 is 2.61 bits per heavy atom. The maximum atomic E-state index is 11.0. The maximum Gasteiger partial charge on any atom is 0.0849 e. The zero-order valence-electron chi connectivity index (χ0n) is 15.1. The third kappa shape index (κ3) is 4.07. The molecule has 0 bridgehead atoms. The van der Waals surface area contributed by atoms with Gasteiger partial charge in [0.05, 0.1) is 17.8 Å². The van der Waals surface area contributed by atoms with Crippen LogP contribution in [0.25, 0.3) is 0 Å². The summed E-state index contributed by atoms with van der Waals surface area (Å²) in [6.45, 7) is 11.9. The molecule has 2 aliphatic rings. The Bertz CT molecular complexity index is 460. The third-order valence-electron chi connectivity index (χ3n) is 6.22. The molecule has 1 saturated carbocycles. The molecule has 3 nitrogen and oxygen atoms in total. The van der Waals surface area contributed by atoms with E-state index in [1.165, 1.54) is 11.1 Å². The van der Waals surface area contributed by atoms with E-state index in [0.29, 0.717) is 18.3 Å². The van der Waals surface area contributed by atoms with Gasteiger partial charge in [0, 0.05) is 5.92 Å². The summed E-state index contributed by atoms with van der Waals surface area (Å²) in [5.74, 6) is 1.18. The van der Waals surface area contributed by atoms with E-state index in [0.717, 1.165) is 25.7 Å². The first kappa shape index (κ1) is 18.7. The van der Waals surface area contributed by atoms with Crippen LogP contribution in [0.2, 0.25) is 0 Å². The van der Waals surface area contributed by atoms with E-state index in [9.17, 15) is 15.3 Å². The van der Waals surface area contributed by atoms with Crippen molar-refractivity contribution in [1.29, 1.82) is 0 Å². The first-order valence-electron chi connectivity index (χ1n) is 9.05. The highest BCUT2D eigenvalue weighted by atomic mass is 16.3. The van der Waals surface area contributed by atoms with Gasteiger partial charge in [0.2, 0.25) is 0 Å². The second kappa shape index (κ2) is 7.08. The number of aliphatic hydroxyl groups is 3. The van der Waals surface area contributed by atoms with Gasteiger partial charge in [-0.15, -0.1) is 0 Å². The number of aliphatic hydroxyl groups excluding tert-OH is 2. The molecule has 6 atom stereocenters. The zero-order chi connectivity index (χ0) is 17.4. The standard InChI is InChI=1S/C20H34O3/c1-12-6-10-16(13(2)8-11-17(21)20(4,5)23)19(22)18-14(3)7-9-15(12)18/h7,13,15-19,21-23H,1,6,8-11H2,2-5H3/t13-,15+,16+,17-,18-,19-/m1/s1. The average molecular weight is 322 g/mol. The number of allylic oxidation sites excluding steroid dienone is 2. The van der Waals surface area contributed by atoms with Crippen LogP contribution in [0.5, 0.6) is 0 Å². The number of fused-ring (bicyclic) bond motifs is 1. The average Bonchev–Trinajstić information content (AvgIpc) is 2.79. The molecule has 132 valence electrons. The summed E-state index contributed by atoms with van der Waals surface area (Å²) in [4.78, 5) is 0. The molecule has 1 fully saturated rings. The van der Waals surface area contributed by atoms with E-state index < -0.39 is 11.7 Å². The summed E-state index contributed by atoms with van der Waals surface area (Å²) in [6, 6.07) is 0. The van der Waals surface area contributed by atoms with Gasteiger partial charge in [-0.3, -0.25) is 0 Å². The van der Waals surface area contributed by atoms with Crippen LogP contribution in [0.4, 0.5) is 0 Å². The van der Waals surface area contributed by atoms with Crippen molar-refractivity contribution in [3.63, 3.8) is 0 Å². The first-order valence-corrected chi connectivity index (χ1v) is 9.05. The molecule has 0 aliphatic heterocycles. The highest BCUT2D eigenvalue weighted by Crippen LogP contribution is 2.47. The largest absolute Gasteiger partial charge is 0.392 e. The Morgan fingerprint density at radius 2 is 2.00 bits per heavy atom. The van der Waals surface area contributed by atoms with Gasteiger partial charge >= 0.3 is 0 Å². The molecular formula is C20H34O3. The lowest BCUT2D eigenvalue weighted by Gasteiger charge is -2.34. The highest BCUT2D eigenvalue weighted by Gasteiger charge is 2.42. The van der Waals surface area contributed by atoms with Crippen molar-refractivity contribution in [3.05, 3.63) is 23.8 Å². The van der Waals surface area contributed by atoms with Gasteiger partial charge in [0.15, 0.2) is 0 Å². The SMILES string of the molecule is C=C1CC[C@@H]([C@H](C)CC[C@@H](O)C(C)(C)O)[C@@H](O)[C@@H]2C(C)=CC[C@@H]12. The fourth-order valence-electron chi connectivity index (χ4n) is 4.42. The van der Waals surface area contributed by atoms with E-state index in [2.05, 4.69) is 26.5 Å². The summed E-state index contributed by atoms with van der Waals surface area (Å²) in [5, 5.41) is 30.9. The Morgan fingerprint density at radius 1 is 1.35 bits per heavy atom. The van der Waals surface area contributed by atoms with E-state index in [-0.39, 0.29) is 17.9 Å². The fraction of sp³-hybridized carbons (Fsp3) is 0.800. The summed E-state index contributed by atoms with van der Waals surface area (Å²) >= 11 is 0. The molecule has 0 radical (unpaired) electrons. The highest BCUT2D eigenvalue weighted by molar-refractivity contribution is 5.24. The second-order valence-electron chi connectivity index (χ2n) is 8.39. The molecule has 0 aromatic carbocycles. The van der Waals surface area contributed by atoms with Crippen LogP contribution in [0, 0.1) is 23.7 Å². The quantitative estimate of drug-likeness (QED) is 0.680. The molecule has 2 rings (SSSR count). The molecule has 0 aromatic rings. The molecular weight excluding hydrogens is 288 g/mol. The van der Waals surface area contributed by atoms with Crippen LogP contribution in [-0.4, -0.2) is 33.1 Å². The Balaban J connectivity index is 2.03. The number of hydrogen-bond donors (Lipinski definition) is 3. The van der Waals surface area contributed by atoms with Crippen LogP contribution in [0.1, 0.15) is 59.8 Å². The lowest BCUT2D eigenvalue weighted by atomic mass is 9.76. The minimum absolute atomic E-state index is 0.219. The van der Waals surface area contributed by atoms with Crippen molar-refractivity contribution in [2.24, 2.45) is 23.7 Å². The Hall–Kier alpha value is -0.640. The summed E-state index contributed by atoms with van der Waals surface area (Å²) in [7, 11) is 0. The van der Waals surface area contributed by atoms with Gasteiger partial charge in [0.1, 0.15) is 0 Å². The lowest BCUT2D eigenvalue weighted by Crippen LogP contribution is -2.37. The Kier molecular flexibility index (Phi) is 5.76. The summed E-state index contributed by atoms with van der Waals surface area (Å²) < 4.78 is 0. The van der Waals surface area contributed by atoms with Gasteiger partial charge in [-0.05, 0) is 70.6 Å². The van der Waals surface area contributed by atoms with Gasteiger partial charge in [0.25, 0.3) is 0 Å². The molecule has 0 saturated heterocycles. The van der Waals surface area contributed by atoms with Crippen molar-refractivity contribution in [2.45, 2.75) is 77.6 Å². The molecule has 0 unspecified atom stereocenters. The van der Waals surface area contributed by atoms with Crippen molar-refractivity contribution < 1.29 is 15.3 Å². The minimum atomic E-state index is -1.06. The zero-order valence-corrected chi connectivity index (χ0v) is 15.1. The first-order chi connectivity index (χ1) is 10.6. The van der Waals surface area contributed by atoms with E-state index in [1.807, 2.05) is 0 Å². The van der Waals surface area contributed by atoms with E-state index in [4.69, 9.17) is 0 Å². The molecule has 0 heterocycles. The summed E-state index contributed by atoms with van der Waals surface area (Å²) in [5.41, 5.74) is 1.53. The van der Waals surface area contributed by atoms with E-state index >= 15 is 0 Å². The second-order valence-corrected chi connectivity index (χ2v) is 8.39. The molecule has 0 spiro atoms. The minimum Gasteiger partial charge on any atom is -0.392 e. The van der Waals surface area contributed by atoms with Gasteiger partial charge < -0.3 is 15.3 Å². The smallest absolute Gasteiger partial charge is 0.0849 e. The monoisotopic (exact) mass is 322 g/mol. The van der Waals surface area contributed by atoms with Crippen molar-refractivity contribution in [3.8, 4) is 0 Å². The fourth-order valence-corrected chi connectivity index (χ4v) is 4.42. The molecule has 0 aromatic heterocycles. The van der Waals surface area contributed by atoms with Crippen LogP contribution in [0.3, 0.4) is 0 Å². The summed E-state index contributed by atoms with van der Waals surface area (Å²) in [6.07, 6.45) is 5.58. The van der Waals surface area contributed by atoms with Crippen LogP contribution >= 0.6 is 0 Å². The van der Waals surface area contributed by atoms with Gasteiger partial charge in [-0.2, -0.15) is 0 Å². The number of hydrogen-bond acceptors (Lipinski definition) is 3. The normalized spacial score (nSPS) is 34.6. The third-order valence-corrected chi connectivity index (χ3v) is 6.22. The van der Waals surface area contributed by atoms with Crippen LogP contribution < -0.4 is 0 Å². The van der Waals surface area contributed by atoms with Gasteiger partial charge in [-0.1, -0.05) is 30.7 Å². The molecule has 0 amide bonds. The van der Waals surface area contributed by atoms with Crippen LogP contribution in [0.15, 0.2) is 23.8 Å². The molecule has 23 heavy (non-hydrogen) atoms. The molecule has 2 aliphatic carbocycles.